The molecule has 1 atom stereocenters. The molecule has 0 aromatic carbocycles. The lowest BCUT2D eigenvalue weighted by molar-refractivity contribution is 0.403. The third kappa shape index (κ3) is 3.09. The maximum absolute atomic E-state index is 5.40. The van der Waals surface area contributed by atoms with Crippen LogP contribution in [0.5, 0.6) is 5.75 Å². The van der Waals surface area contributed by atoms with Gasteiger partial charge in [-0.05, 0) is 30.1 Å². The summed E-state index contributed by atoms with van der Waals surface area (Å²) in [7, 11) is 1.72. The van der Waals surface area contributed by atoms with Crippen LogP contribution in [0.15, 0.2) is 35.8 Å². The Balaban J connectivity index is 2.18. The van der Waals surface area contributed by atoms with Gasteiger partial charge in [0.25, 0.3) is 0 Å². The average Bonchev–Trinajstić information content (AvgIpc) is 2.87. The van der Waals surface area contributed by atoms with Crippen molar-refractivity contribution in [2.75, 3.05) is 13.7 Å². The number of hydrogen-bond acceptors (Lipinski definition) is 4. The van der Waals surface area contributed by atoms with Gasteiger partial charge in [0.05, 0.1) is 18.0 Å². The first kappa shape index (κ1) is 13.1. The predicted molar refractivity (Wildman–Crippen MR) is 75.2 cm³/mol. The lowest BCUT2D eigenvalue weighted by atomic mass is 10.1. The highest BCUT2D eigenvalue weighted by molar-refractivity contribution is 7.10. The molecule has 0 amide bonds. The molecule has 2 heterocycles. The highest BCUT2D eigenvalue weighted by Gasteiger charge is 2.17. The number of thiophene rings is 1. The zero-order valence-electron chi connectivity index (χ0n) is 10.7. The summed E-state index contributed by atoms with van der Waals surface area (Å²) < 4.78 is 5.40. The average molecular weight is 262 g/mol. The largest absolute Gasteiger partial charge is 0.496 e. The van der Waals surface area contributed by atoms with Crippen molar-refractivity contribution in [2.45, 2.75) is 19.4 Å². The van der Waals surface area contributed by atoms with Crippen LogP contribution in [0.25, 0.3) is 0 Å². The van der Waals surface area contributed by atoms with E-state index in [-0.39, 0.29) is 6.04 Å². The Labute approximate surface area is 112 Å². The quantitative estimate of drug-likeness (QED) is 0.869. The van der Waals surface area contributed by atoms with Crippen LogP contribution in [0.3, 0.4) is 0 Å². The topological polar surface area (TPSA) is 34.2 Å². The van der Waals surface area contributed by atoms with Crippen LogP contribution < -0.4 is 10.1 Å². The molecule has 4 heteroatoms. The Bertz CT molecular complexity index is 470. The third-order valence-corrected chi connectivity index (χ3v) is 3.80. The molecule has 0 saturated heterocycles. The number of hydrogen-bond donors (Lipinski definition) is 1. The molecule has 2 aromatic heterocycles. The third-order valence-electron chi connectivity index (χ3n) is 2.78. The first-order chi connectivity index (χ1) is 8.85. The fourth-order valence-electron chi connectivity index (χ4n) is 1.96. The van der Waals surface area contributed by atoms with E-state index in [0.29, 0.717) is 0 Å². The molecule has 0 aliphatic rings. The van der Waals surface area contributed by atoms with Crippen molar-refractivity contribution >= 4 is 11.3 Å². The smallest absolute Gasteiger partial charge is 0.134 e. The molecule has 1 N–H and O–H groups in total. The van der Waals surface area contributed by atoms with Gasteiger partial charge >= 0.3 is 0 Å². The van der Waals surface area contributed by atoms with E-state index in [1.54, 1.807) is 18.4 Å². The van der Waals surface area contributed by atoms with E-state index in [4.69, 9.17) is 4.74 Å². The van der Waals surface area contributed by atoms with Crippen LogP contribution in [-0.2, 0) is 6.42 Å². The summed E-state index contributed by atoms with van der Waals surface area (Å²) >= 11 is 1.73. The maximum Gasteiger partial charge on any atom is 0.134 e. The molecular weight excluding hydrogens is 244 g/mol. The van der Waals surface area contributed by atoms with Crippen LogP contribution in [-0.4, -0.2) is 18.6 Å². The lowest BCUT2D eigenvalue weighted by Crippen LogP contribution is -2.22. The predicted octanol–water partition coefficient (Wildman–Crippen LogP) is 3.05. The van der Waals surface area contributed by atoms with Crippen LogP contribution in [0.2, 0.25) is 0 Å². The fourth-order valence-corrected chi connectivity index (χ4v) is 2.90. The normalized spacial score (nSPS) is 12.3. The van der Waals surface area contributed by atoms with Crippen molar-refractivity contribution in [3.05, 3.63) is 46.4 Å². The number of nitrogens with zero attached hydrogens (tertiary/aromatic N) is 1. The molecule has 0 aliphatic heterocycles. The van der Waals surface area contributed by atoms with Gasteiger partial charge in [-0.2, -0.15) is 0 Å². The van der Waals surface area contributed by atoms with Gasteiger partial charge in [-0.1, -0.05) is 13.0 Å². The van der Waals surface area contributed by atoms with E-state index in [9.17, 15) is 0 Å². The zero-order valence-corrected chi connectivity index (χ0v) is 11.5. The van der Waals surface area contributed by atoms with Gasteiger partial charge in [0.1, 0.15) is 5.75 Å². The van der Waals surface area contributed by atoms with Crippen molar-refractivity contribution in [3.8, 4) is 5.75 Å². The molecule has 0 radical (unpaired) electrons. The zero-order chi connectivity index (χ0) is 12.8. The number of likely N-dealkylation sites (N-methyl/N-ethyl adjacent to an activating group) is 1. The second-order valence-corrected chi connectivity index (χ2v) is 4.94. The molecule has 0 saturated carbocycles. The van der Waals surface area contributed by atoms with Crippen LogP contribution >= 0.6 is 11.3 Å². The Morgan fingerprint density at radius 3 is 2.94 bits per heavy atom. The van der Waals surface area contributed by atoms with Crippen molar-refractivity contribution < 1.29 is 4.74 Å². The summed E-state index contributed by atoms with van der Waals surface area (Å²) in [6, 6.07) is 8.31. The number of rotatable bonds is 6. The van der Waals surface area contributed by atoms with Gasteiger partial charge in [0.15, 0.2) is 0 Å². The van der Waals surface area contributed by atoms with E-state index in [1.165, 1.54) is 4.88 Å². The molecule has 1 unspecified atom stereocenters. The van der Waals surface area contributed by atoms with Gasteiger partial charge in [0.2, 0.25) is 0 Å². The fraction of sp³-hybridized carbons (Fsp3) is 0.357. The summed E-state index contributed by atoms with van der Waals surface area (Å²) in [5.41, 5.74) is 1.10. The van der Waals surface area contributed by atoms with E-state index in [2.05, 4.69) is 28.7 Å². The van der Waals surface area contributed by atoms with Crippen molar-refractivity contribution in [3.63, 3.8) is 0 Å². The monoisotopic (exact) mass is 262 g/mol. The first-order valence-electron chi connectivity index (χ1n) is 6.09. The number of ether oxygens (including phenoxy) is 1. The molecule has 0 bridgehead atoms. The molecule has 0 aliphatic carbocycles. The second-order valence-electron chi connectivity index (χ2n) is 3.99. The van der Waals surface area contributed by atoms with E-state index in [0.717, 1.165) is 24.4 Å². The molecular formula is C14H18N2OS. The van der Waals surface area contributed by atoms with Crippen LogP contribution in [0.1, 0.15) is 23.5 Å². The summed E-state index contributed by atoms with van der Waals surface area (Å²) in [5.74, 6) is 0.960. The maximum atomic E-state index is 5.40. The lowest BCUT2D eigenvalue weighted by Gasteiger charge is -2.17. The Kier molecular flexibility index (Phi) is 4.73. The molecule has 0 spiro atoms. The van der Waals surface area contributed by atoms with E-state index < -0.39 is 0 Å². The van der Waals surface area contributed by atoms with E-state index in [1.807, 2.05) is 24.4 Å². The molecule has 3 nitrogen and oxygen atoms in total. The van der Waals surface area contributed by atoms with Gasteiger partial charge in [-0.25, -0.2) is 0 Å². The number of nitrogens with one attached hydrogen (secondary N) is 1. The number of pyridine rings is 1. The summed E-state index contributed by atoms with van der Waals surface area (Å²) in [4.78, 5) is 5.63. The minimum atomic E-state index is 0.264. The van der Waals surface area contributed by atoms with E-state index >= 15 is 0 Å². The highest BCUT2D eigenvalue weighted by Crippen LogP contribution is 2.32. The van der Waals surface area contributed by atoms with Crippen molar-refractivity contribution in [1.29, 1.82) is 0 Å². The molecule has 2 aromatic rings. The minimum Gasteiger partial charge on any atom is -0.496 e. The van der Waals surface area contributed by atoms with Crippen molar-refractivity contribution in [2.24, 2.45) is 0 Å². The molecule has 0 fully saturated rings. The van der Waals surface area contributed by atoms with Gasteiger partial charge in [-0.3, -0.25) is 4.98 Å². The summed E-state index contributed by atoms with van der Waals surface area (Å²) in [6.45, 7) is 3.05. The number of aromatic nitrogens is 1. The number of methoxy groups -OCH3 is 1. The van der Waals surface area contributed by atoms with Crippen LogP contribution in [0, 0.1) is 0 Å². The molecule has 18 heavy (non-hydrogen) atoms. The second kappa shape index (κ2) is 6.52. The SMILES string of the molecule is CCNC(Cc1ccccn1)c1sccc1OC. The highest BCUT2D eigenvalue weighted by atomic mass is 32.1. The summed E-state index contributed by atoms with van der Waals surface area (Å²) in [6.07, 6.45) is 2.72. The minimum absolute atomic E-state index is 0.264. The van der Waals surface area contributed by atoms with Crippen LogP contribution in [0.4, 0.5) is 0 Å². The molecule has 2 rings (SSSR count). The Morgan fingerprint density at radius 1 is 1.39 bits per heavy atom. The van der Waals surface area contributed by atoms with Gasteiger partial charge in [0, 0.05) is 18.3 Å². The Hall–Kier alpha value is -1.39. The van der Waals surface area contributed by atoms with Gasteiger partial charge in [-0.15, -0.1) is 11.3 Å². The van der Waals surface area contributed by atoms with Crippen molar-refractivity contribution in [1.82, 2.24) is 10.3 Å². The first-order valence-corrected chi connectivity index (χ1v) is 6.97. The summed E-state index contributed by atoms with van der Waals surface area (Å²) in [5, 5.41) is 5.57. The Morgan fingerprint density at radius 2 is 2.28 bits per heavy atom. The standard InChI is InChI=1S/C14H18N2OS/c1-3-15-12(10-11-6-4-5-8-16-11)14-13(17-2)7-9-18-14/h4-9,12,15H,3,10H2,1-2H3. The molecule has 96 valence electrons. The van der Waals surface area contributed by atoms with Gasteiger partial charge < -0.3 is 10.1 Å².